The summed E-state index contributed by atoms with van der Waals surface area (Å²) in [7, 11) is 1.83. The summed E-state index contributed by atoms with van der Waals surface area (Å²) in [4.78, 5) is 19.1. The third-order valence-electron chi connectivity index (χ3n) is 6.33. The van der Waals surface area contributed by atoms with E-state index in [1.807, 2.05) is 23.6 Å². The molecule has 1 unspecified atom stereocenters. The lowest BCUT2D eigenvalue weighted by Crippen LogP contribution is -2.29. The van der Waals surface area contributed by atoms with Gasteiger partial charge in [-0.2, -0.15) is 0 Å². The van der Waals surface area contributed by atoms with Crippen molar-refractivity contribution in [1.29, 1.82) is 0 Å². The summed E-state index contributed by atoms with van der Waals surface area (Å²) in [6.45, 7) is 9.99. The molecule has 0 bridgehead atoms. The van der Waals surface area contributed by atoms with Crippen LogP contribution >= 0.6 is 11.9 Å². The molecule has 0 saturated carbocycles. The van der Waals surface area contributed by atoms with Gasteiger partial charge >= 0.3 is 5.69 Å². The number of imidazole rings is 1. The predicted molar refractivity (Wildman–Crippen MR) is 129 cm³/mol. The number of hydrogen-bond donors (Lipinski definition) is 0. The number of rotatable bonds is 4. The predicted octanol–water partition coefficient (Wildman–Crippen LogP) is 4.60. The Kier molecular flexibility index (Phi) is 5.58. The second-order valence-corrected chi connectivity index (χ2v) is 11.4. The summed E-state index contributed by atoms with van der Waals surface area (Å²) in [6, 6.07) is 10.8. The van der Waals surface area contributed by atoms with E-state index in [9.17, 15) is 4.79 Å². The summed E-state index contributed by atoms with van der Waals surface area (Å²) in [5, 5.41) is 0. The molecule has 1 saturated heterocycles. The highest BCUT2D eigenvalue weighted by atomic mass is 32.2. The number of hydrogen-bond acceptors (Lipinski definition) is 5. The first-order valence-corrected chi connectivity index (χ1v) is 12.3. The molecule has 6 nitrogen and oxygen atoms in total. The van der Waals surface area contributed by atoms with Crippen LogP contribution in [0.2, 0.25) is 0 Å². The Morgan fingerprint density at radius 3 is 2.88 bits per heavy atom. The molecular weight excluding hydrogens is 420 g/mol. The van der Waals surface area contributed by atoms with Crippen LogP contribution < -0.4 is 10.4 Å². The maximum absolute atomic E-state index is 12.9. The molecule has 0 N–H and O–H groups in total. The molecule has 3 aromatic rings. The molecule has 1 atom stereocenters. The van der Waals surface area contributed by atoms with E-state index >= 15 is 0 Å². The number of piperidine rings is 1. The van der Waals surface area contributed by atoms with Gasteiger partial charge in [0, 0.05) is 49.6 Å². The van der Waals surface area contributed by atoms with Crippen molar-refractivity contribution in [3.8, 4) is 5.75 Å². The molecule has 0 amide bonds. The third kappa shape index (κ3) is 4.20. The summed E-state index contributed by atoms with van der Waals surface area (Å²) in [5.41, 5.74) is 4.17. The fourth-order valence-corrected chi connectivity index (χ4v) is 5.87. The first kappa shape index (κ1) is 21.6. The maximum atomic E-state index is 12.9. The summed E-state index contributed by atoms with van der Waals surface area (Å²) < 4.78 is 11.7. The van der Waals surface area contributed by atoms with Gasteiger partial charge in [0.15, 0.2) is 5.65 Å². The lowest BCUT2D eigenvalue weighted by atomic mass is 9.95. The van der Waals surface area contributed by atoms with Crippen LogP contribution in [0.4, 0.5) is 0 Å². The van der Waals surface area contributed by atoms with Crippen LogP contribution in [0.3, 0.4) is 0 Å². The first-order valence-electron chi connectivity index (χ1n) is 11.5. The molecule has 5 rings (SSSR count). The standard InChI is InChI=1S/C25H32N4O2S/c1-25(2,3)16-29-21-9-8-20(26-23(21)27(4)24(29)30)18-6-5-12-28(15-18)32-19-7-10-22-17(14-19)11-13-31-22/h7-10,14,18H,5-6,11-13,15-16H2,1-4H3. The van der Waals surface area contributed by atoms with Crippen LogP contribution in [0.25, 0.3) is 11.2 Å². The molecule has 7 heteroatoms. The molecule has 1 fully saturated rings. The number of aromatic nitrogens is 3. The fraction of sp³-hybridized carbons (Fsp3) is 0.520. The molecule has 4 heterocycles. The van der Waals surface area contributed by atoms with Gasteiger partial charge in [0.05, 0.1) is 12.1 Å². The van der Waals surface area contributed by atoms with Gasteiger partial charge in [0.1, 0.15) is 5.75 Å². The minimum absolute atomic E-state index is 0.0148. The zero-order chi connectivity index (χ0) is 22.5. The molecule has 1 aromatic carbocycles. The van der Waals surface area contributed by atoms with E-state index in [1.165, 1.54) is 10.5 Å². The maximum Gasteiger partial charge on any atom is 0.330 e. The molecule has 32 heavy (non-hydrogen) atoms. The van der Waals surface area contributed by atoms with E-state index in [4.69, 9.17) is 9.72 Å². The largest absolute Gasteiger partial charge is 0.493 e. The summed E-state index contributed by atoms with van der Waals surface area (Å²) in [6.07, 6.45) is 3.28. The van der Waals surface area contributed by atoms with Crippen LogP contribution in [0.15, 0.2) is 40.0 Å². The molecule has 2 aromatic heterocycles. The number of benzene rings is 1. The SMILES string of the molecule is Cn1c(=O)n(CC(C)(C)C)c2ccc(C3CCCN(Sc4ccc5c(c4)CCO5)C3)nc21. The van der Waals surface area contributed by atoms with Crippen molar-refractivity contribution in [1.82, 2.24) is 18.4 Å². The van der Waals surface area contributed by atoms with E-state index in [0.29, 0.717) is 12.5 Å². The monoisotopic (exact) mass is 452 g/mol. The van der Waals surface area contributed by atoms with Crippen LogP contribution in [0.1, 0.15) is 50.8 Å². The van der Waals surface area contributed by atoms with E-state index < -0.39 is 0 Å². The number of fused-ring (bicyclic) bond motifs is 2. The molecule has 0 aliphatic carbocycles. The Hall–Kier alpha value is -2.25. The van der Waals surface area contributed by atoms with Crippen molar-refractivity contribution in [2.75, 3.05) is 19.7 Å². The highest BCUT2D eigenvalue weighted by Gasteiger charge is 2.25. The quantitative estimate of drug-likeness (QED) is 0.542. The molecule has 0 spiro atoms. The van der Waals surface area contributed by atoms with Crippen LogP contribution in [0.5, 0.6) is 5.75 Å². The number of pyridine rings is 1. The molecular formula is C25H32N4O2S. The van der Waals surface area contributed by atoms with Gasteiger partial charge in [-0.3, -0.25) is 9.13 Å². The minimum atomic E-state index is 0.0148. The minimum Gasteiger partial charge on any atom is -0.493 e. The zero-order valence-electron chi connectivity index (χ0n) is 19.4. The van der Waals surface area contributed by atoms with Gasteiger partial charge in [-0.15, -0.1) is 0 Å². The van der Waals surface area contributed by atoms with Crippen molar-refractivity contribution >= 4 is 23.1 Å². The highest BCUT2D eigenvalue weighted by Crippen LogP contribution is 2.36. The fourth-order valence-electron chi connectivity index (χ4n) is 4.78. The average molecular weight is 453 g/mol. The zero-order valence-corrected chi connectivity index (χ0v) is 20.2. The summed E-state index contributed by atoms with van der Waals surface area (Å²) in [5.74, 6) is 1.41. The van der Waals surface area contributed by atoms with Crippen molar-refractivity contribution in [2.24, 2.45) is 12.5 Å². The highest BCUT2D eigenvalue weighted by molar-refractivity contribution is 7.97. The van der Waals surface area contributed by atoms with E-state index in [0.717, 1.165) is 61.6 Å². The van der Waals surface area contributed by atoms with Gasteiger partial charge in [-0.25, -0.2) is 14.1 Å². The first-order chi connectivity index (χ1) is 15.3. The Labute approximate surface area is 193 Å². The van der Waals surface area contributed by atoms with Crippen LogP contribution in [-0.4, -0.2) is 38.1 Å². The third-order valence-corrected chi connectivity index (χ3v) is 7.39. The second kappa shape index (κ2) is 8.27. The van der Waals surface area contributed by atoms with Gasteiger partial charge in [-0.1, -0.05) is 20.8 Å². The summed E-state index contributed by atoms with van der Waals surface area (Å²) >= 11 is 1.84. The van der Waals surface area contributed by atoms with Gasteiger partial charge < -0.3 is 4.74 Å². The van der Waals surface area contributed by atoms with Crippen molar-refractivity contribution in [3.63, 3.8) is 0 Å². The average Bonchev–Trinajstić information content (AvgIpc) is 3.31. The van der Waals surface area contributed by atoms with Crippen LogP contribution in [0, 0.1) is 5.41 Å². The smallest absolute Gasteiger partial charge is 0.330 e. The lowest BCUT2D eigenvalue weighted by Gasteiger charge is -2.31. The van der Waals surface area contributed by atoms with Gasteiger partial charge in [0.2, 0.25) is 0 Å². The number of nitrogens with zero attached hydrogens (tertiary/aromatic N) is 4. The van der Waals surface area contributed by atoms with Crippen molar-refractivity contribution in [3.05, 3.63) is 52.1 Å². The van der Waals surface area contributed by atoms with Gasteiger partial charge in [-0.05, 0) is 66.1 Å². The van der Waals surface area contributed by atoms with Gasteiger partial charge in [0.25, 0.3) is 0 Å². The van der Waals surface area contributed by atoms with E-state index in [1.54, 1.807) is 4.57 Å². The Morgan fingerprint density at radius 2 is 2.06 bits per heavy atom. The van der Waals surface area contributed by atoms with Crippen LogP contribution in [-0.2, 0) is 20.0 Å². The second-order valence-electron chi connectivity index (χ2n) is 10.3. The van der Waals surface area contributed by atoms with E-state index in [-0.39, 0.29) is 11.1 Å². The molecule has 2 aliphatic rings. The van der Waals surface area contributed by atoms with E-state index in [2.05, 4.69) is 55.4 Å². The number of ether oxygens (including phenoxy) is 1. The molecule has 0 radical (unpaired) electrons. The molecule has 2 aliphatic heterocycles. The van der Waals surface area contributed by atoms with Crippen molar-refractivity contribution in [2.45, 2.75) is 57.4 Å². The normalized spacial score (nSPS) is 19.3. The number of aryl methyl sites for hydroxylation is 1. The Bertz CT molecular complexity index is 1210. The topological polar surface area (TPSA) is 52.3 Å². The Balaban J connectivity index is 1.36. The Morgan fingerprint density at radius 1 is 1.22 bits per heavy atom. The van der Waals surface area contributed by atoms with Crippen molar-refractivity contribution < 1.29 is 4.74 Å². The lowest BCUT2D eigenvalue weighted by molar-refractivity contribution is 0.339. The molecule has 170 valence electrons.